The van der Waals surface area contributed by atoms with E-state index in [4.69, 9.17) is 4.74 Å². The van der Waals surface area contributed by atoms with Gasteiger partial charge in [-0.2, -0.15) is 0 Å². The van der Waals surface area contributed by atoms with Crippen LogP contribution in [0.2, 0.25) is 0 Å². The lowest BCUT2D eigenvalue weighted by Crippen LogP contribution is -2.50. The maximum absolute atomic E-state index is 13.0. The summed E-state index contributed by atoms with van der Waals surface area (Å²) in [5.41, 5.74) is 0. The zero-order valence-electron chi connectivity index (χ0n) is 27.7. The van der Waals surface area contributed by atoms with Crippen molar-refractivity contribution in [2.45, 2.75) is 188 Å². The van der Waals surface area contributed by atoms with Crippen molar-refractivity contribution in [2.75, 3.05) is 13.2 Å². The van der Waals surface area contributed by atoms with E-state index < -0.39 is 6.04 Å². The molecule has 6 nitrogen and oxygen atoms in total. The van der Waals surface area contributed by atoms with Crippen LogP contribution in [0.4, 0.5) is 0 Å². The molecule has 0 spiro atoms. The Morgan fingerprint density at radius 2 is 1.00 bits per heavy atom. The van der Waals surface area contributed by atoms with Gasteiger partial charge in [0.05, 0.1) is 6.61 Å². The molecule has 0 saturated carbocycles. The van der Waals surface area contributed by atoms with Crippen molar-refractivity contribution in [1.82, 2.24) is 10.6 Å². The lowest BCUT2D eigenvalue weighted by atomic mass is 9.93. The SMILES string of the molecule is CCCCCCCCCCCCCCCCCCNC(=O)C(NC(=O)CCCCCCC(=O)OCC)C(CC)CC. The molecule has 0 aromatic carbocycles. The van der Waals surface area contributed by atoms with Gasteiger partial charge in [0.1, 0.15) is 6.04 Å². The minimum Gasteiger partial charge on any atom is -0.466 e. The predicted octanol–water partition coefficient (Wildman–Crippen LogP) is 9.19. The Morgan fingerprint density at radius 1 is 0.561 bits per heavy atom. The maximum atomic E-state index is 13.0. The van der Waals surface area contributed by atoms with Gasteiger partial charge in [-0.3, -0.25) is 14.4 Å². The first-order valence-corrected chi connectivity index (χ1v) is 17.7. The summed E-state index contributed by atoms with van der Waals surface area (Å²) < 4.78 is 4.94. The molecule has 0 aliphatic rings. The van der Waals surface area contributed by atoms with E-state index in [0.29, 0.717) is 26.0 Å². The molecule has 1 unspecified atom stereocenters. The van der Waals surface area contributed by atoms with Crippen LogP contribution in [0.1, 0.15) is 182 Å². The number of carbonyl (C=O) groups is 3. The van der Waals surface area contributed by atoms with Gasteiger partial charge in [-0.05, 0) is 32.1 Å². The van der Waals surface area contributed by atoms with Gasteiger partial charge in [0.15, 0.2) is 0 Å². The molecule has 0 aromatic heterocycles. The zero-order valence-corrected chi connectivity index (χ0v) is 27.7. The van der Waals surface area contributed by atoms with Gasteiger partial charge in [0.2, 0.25) is 11.8 Å². The average Bonchev–Trinajstić information content (AvgIpc) is 2.96. The predicted molar refractivity (Wildman–Crippen MR) is 173 cm³/mol. The van der Waals surface area contributed by atoms with Crippen LogP contribution in [0.5, 0.6) is 0 Å². The highest BCUT2D eigenvalue weighted by atomic mass is 16.5. The molecule has 0 saturated heterocycles. The molecule has 41 heavy (non-hydrogen) atoms. The van der Waals surface area contributed by atoms with Gasteiger partial charge < -0.3 is 15.4 Å². The molecular weight excluding hydrogens is 512 g/mol. The Morgan fingerprint density at radius 3 is 1.46 bits per heavy atom. The second-order valence-corrected chi connectivity index (χ2v) is 11.9. The average molecular weight is 581 g/mol. The van der Waals surface area contributed by atoms with Crippen molar-refractivity contribution in [3.05, 3.63) is 0 Å². The number of amides is 2. The van der Waals surface area contributed by atoms with E-state index in [1.165, 1.54) is 89.9 Å². The van der Waals surface area contributed by atoms with Crippen LogP contribution in [-0.2, 0) is 19.1 Å². The van der Waals surface area contributed by atoms with Crippen molar-refractivity contribution < 1.29 is 19.1 Å². The topological polar surface area (TPSA) is 84.5 Å². The molecule has 2 amide bonds. The van der Waals surface area contributed by atoms with E-state index in [2.05, 4.69) is 31.4 Å². The largest absolute Gasteiger partial charge is 0.466 e. The molecule has 0 rings (SSSR count). The highest BCUT2D eigenvalue weighted by Gasteiger charge is 2.27. The number of ether oxygens (including phenoxy) is 1. The molecular formula is C35H68N2O4. The quantitative estimate of drug-likeness (QED) is 0.0655. The second-order valence-electron chi connectivity index (χ2n) is 11.9. The van der Waals surface area contributed by atoms with Crippen molar-refractivity contribution in [3.63, 3.8) is 0 Å². The summed E-state index contributed by atoms with van der Waals surface area (Å²) in [7, 11) is 0. The summed E-state index contributed by atoms with van der Waals surface area (Å²) in [6, 6.07) is -0.456. The Hall–Kier alpha value is -1.59. The van der Waals surface area contributed by atoms with Crippen LogP contribution < -0.4 is 10.6 Å². The second kappa shape index (κ2) is 29.9. The molecule has 0 aliphatic heterocycles. The molecule has 0 radical (unpaired) electrons. The zero-order chi connectivity index (χ0) is 30.4. The van der Waals surface area contributed by atoms with Gasteiger partial charge in [-0.25, -0.2) is 0 Å². The van der Waals surface area contributed by atoms with Crippen LogP contribution >= 0.6 is 0 Å². The molecule has 0 heterocycles. The number of unbranched alkanes of at least 4 members (excludes halogenated alkanes) is 18. The van der Waals surface area contributed by atoms with Crippen molar-refractivity contribution >= 4 is 17.8 Å². The first kappa shape index (κ1) is 39.4. The molecule has 6 heteroatoms. The van der Waals surface area contributed by atoms with Gasteiger partial charge in [-0.15, -0.1) is 0 Å². The van der Waals surface area contributed by atoms with Crippen LogP contribution in [0.25, 0.3) is 0 Å². The first-order chi connectivity index (χ1) is 20.0. The summed E-state index contributed by atoms with van der Waals surface area (Å²) in [6.45, 7) is 9.36. The first-order valence-electron chi connectivity index (χ1n) is 17.7. The smallest absolute Gasteiger partial charge is 0.305 e. The minimum atomic E-state index is -0.456. The number of carbonyl (C=O) groups excluding carboxylic acids is 3. The van der Waals surface area contributed by atoms with Crippen molar-refractivity contribution in [3.8, 4) is 0 Å². The Kier molecular flexibility index (Phi) is 28.7. The highest BCUT2D eigenvalue weighted by molar-refractivity contribution is 5.87. The van der Waals surface area contributed by atoms with E-state index in [1.807, 2.05) is 6.92 Å². The molecule has 2 N–H and O–H groups in total. The third-order valence-electron chi connectivity index (χ3n) is 8.29. The number of hydrogen-bond acceptors (Lipinski definition) is 4. The van der Waals surface area contributed by atoms with Crippen LogP contribution in [0.3, 0.4) is 0 Å². The lowest BCUT2D eigenvalue weighted by Gasteiger charge is -2.25. The fraction of sp³-hybridized carbons (Fsp3) is 0.914. The summed E-state index contributed by atoms with van der Waals surface area (Å²) in [5.74, 6) is -0.0922. The highest BCUT2D eigenvalue weighted by Crippen LogP contribution is 2.16. The third kappa shape index (κ3) is 24.7. The normalized spacial score (nSPS) is 11.9. The molecule has 0 aromatic rings. The Labute approximate surface area is 254 Å². The van der Waals surface area contributed by atoms with Gasteiger partial charge >= 0.3 is 5.97 Å². The minimum absolute atomic E-state index is 0.0394. The molecule has 0 aliphatic carbocycles. The number of rotatable bonds is 30. The lowest BCUT2D eigenvalue weighted by molar-refractivity contribution is -0.143. The molecule has 1 atom stereocenters. The van der Waals surface area contributed by atoms with Gasteiger partial charge in [-0.1, -0.05) is 143 Å². The number of nitrogens with one attached hydrogen (secondary N) is 2. The molecule has 0 bridgehead atoms. The summed E-state index contributed by atoms with van der Waals surface area (Å²) in [5, 5.41) is 6.12. The Balaban J connectivity index is 3.92. The van der Waals surface area contributed by atoms with E-state index in [-0.39, 0.29) is 23.7 Å². The molecule has 242 valence electrons. The van der Waals surface area contributed by atoms with Crippen LogP contribution in [-0.4, -0.2) is 37.0 Å². The van der Waals surface area contributed by atoms with E-state index in [0.717, 1.165) is 51.4 Å². The van der Waals surface area contributed by atoms with E-state index >= 15 is 0 Å². The van der Waals surface area contributed by atoms with Crippen LogP contribution in [0, 0.1) is 5.92 Å². The van der Waals surface area contributed by atoms with Crippen molar-refractivity contribution in [1.29, 1.82) is 0 Å². The maximum Gasteiger partial charge on any atom is 0.305 e. The third-order valence-corrected chi connectivity index (χ3v) is 8.29. The van der Waals surface area contributed by atoms with E-state index in [9.17, 15) is 14.4 Å². The fourth-order valence-corrected chi connectivity index (χ4v) is 5.54. The monoisotopic (exact) mass is 581 g/mol. The molecule has 0 fully saturated rings. The van der Waals surface area contributed by atoms with Crippen molar-refractivity contribution in [2.24, 2.45) is 5.92 Å². The van der Waals surface area contributed by atoms with Crippen LogP contribution in [0.15, 0.2) is 0 Å². The number of esters is 1. The van der Waals surface area contributed by atoms with Gasteiger partial charge in [0.25, 0.3) is 0 Å². The summed E-state index contributed by atoms with van der Waals surface area (Å²) in [4.78, 5) is 36.9. The van der Waals surface area contributed by atoms with Gasteiger partial charge in [0, 0.05) is 19.4 Å². The fourth-order valence-electron chi connectivity index (χ4n) is 5.54. The summed E-state index contributed by atoms with van der Waals surface area (Å²) in [6.07, 6.45) is 27.3. The standard InChI is InChI=1S/C35H68N2O4/c1-5-9-10-11-12-13-14-15-16-17-18-19-20-21-24-27-30-36-35(40)34(31(6-2)7-3)37-32(38)28-25-22-23-26-29-33(39)41-8-4/h31,34H,5-30H2,1-4H3,(H,36,40)(H,37,38). The Bertz CT molecular complexity index is 621. The number of hydrogen-bond donors (Lipinski definition) is 2. The summed E-state index contributed by atoms with van der Waals surface area (Å²) >= 11 is 0. The van der Waals surface area contributed by atoms with E-state index in [1.54, 1.807) is 0 Å².